The topological polar surface area (TPSA) is 37.4 Å². The monoisotopic (exact) mass is 407 g/mol. The number of aryl methyl sites for hydroxylation is 1. The average Bonchev–Trinajstić information content (AvgIpc) is 2.84. The summed E-state index contributed by atoms with van der Waals surface area (Å²) in [5.41, 5.74) is 2.49. The number of halogens is 2. The second-order valence-electron chi connectivity index (χ2n) is 4.75. The molecule has 7 heteroatoms. The molecule has 0 atom stereocenters. The number of alkyl halides is 1. The fourth-order valence-electron chi connectivity index (χ4n) is 1.94. The van der Waals surface area contributed by atoms with Gasteiger partial charge in [-0.15, -0.1) is 22.9 Å². The van der Waals surface area contributed by atoms with Crippen molar-refractivity contribution in [1.29, 1.82) is 0 Å². The van der Waals surface area contributed by atoms with Gasteiger partial charge in [0.2, 0.25) is 10.0 Å². The van der Waals surface area contributed by atoms with E-state index in [-0.39, 0.29) is 0 Å². The van der Waals surface area contributed by atoms with Crippen molar-refractivity contribution in [1.82, 2.24) is 4.31 Å². The largest absolute Gasteiger partial charge is 0.243 e. The molecule has 21 heavy (non-hydrogen) atoms. The summed E-state index contributed by atoms with van der Waals surface area (Å²) in [6.45, 7) is 2.13. The predicted octanol–water partition coefficient (Wildman–Crippen LogP) is 4.38. The molecule has 0 aliphatic rings. The van der Waals surface area contributed by atoms with E-state index in [9.17, 15) is 8.42 Å². The maximum atomic E-state index is 12.7. The van der Waals surface area contributed by atoms with Crippen LogP contribution < -0.4 is 0 Å². The Balaban J connectivity index is 2.32. The van der Waals surface area contributed by atoms with Gasteiger partial charge < -0.3 is 0 Å². The van der Waals surface area contributed by atoms with E-state index in [1.54, 1.807) is 26.1 Å². The zero-order chi connectivity index (χ0) is 15.6. The lowest BCUT2D eigenvalue weighted by atomic mass is 10.2. The third-order valence-electron chi connectivity index (χ3n) is 3.12. The first-order valence-electron chi connectivity index (χ1n) is 6.19. The lowest BCUT2D eigenvalue weighted by Gasteiger charge is -2.18. The Morgan fingerprint density at radius 2 is 2.00 bits per heavy atom. The Bertz CT molecular complexity index is 743. The van der Waals surface area contributed by atoms with Crippen LogP contribution in [0.5, 0.6) is 0 Å². The highest BCUT2D eigenvalue weighted by molar-refractivity contribution is 9.11. The van der Waals surface area contributed by atoms with Crippen molar-refractivity contribution >= 4 is 48.9 Å². The quantitative estimate of drug-likeness (QED) is 0.689. The van der Waals surface area contributed by atoms with Crippen molar-refractivity contribution in [3.63, 3.8) is 0 Å². The minimum atomic E-state index is -3.53. The van der Waals surface area contributed by atoms with Crippen LogP contribution in [-0.4, -0.2) is 19.8 Å². The second kappa shape index (κ2) is 6.79. The Morgan fingerprint density at radius 1 is 1.29 bits per heavy atom. The van der Waals surface area contributed by atoms with Crippen molar-refractivity contribution < 1.29 is 8.42 Å². The van der Waals surface area contributed by atoms with Crippen LogP contribution in [0.2, 0.25) is 0 Å². The number of hydrogen-bond acceptors (Lipinski definition) is 3. The van der Waals surface area contributed by atoms with E-state index in [1.165, 1.54) is 15.6 Å². The number of thiophene rings is 1. The van der Waals surface area contributed by atoms with Gasteiger partial charge in [0.05, 0.1) is 8.68 Å². The molecule has 0 aliphatic heterocycles. The molecule has 0 aliphatic carbocycles. The summed E-state index contributed by atoms with van der Waals surface area (Å²) in [5.74, 6) is 0.296. The van der Waals surface area contributed by atoms with Gasteiger partial charge in [-0.3, -0.25) is 0 Å². The van der Waals surface area contributed by atoms with Crippen LogP contribution in [0, 0.1) is 6.92 Å². The van der Waals surface area contributed by atoms with Gasteiger partial charge >= 0.3 is 0 Å². The number of hydrogen-bond donors (Lipinski definition) is 0. The van der Waals surface area contributed by atoms with Crippen LogP contribution in [0.15, 0.2) is 38.3 Å². The van der Waals surface area contributed by atoms with Gasteiger partial charge in [-0.05, 0) is 57.1 Å². The molecule has 0 amide bonds. The van der Waals surface area contributed by atoms with E-state index >= 15 is 0 Å². The van der Waals surface area contributed by atoms with Crippen LogP contribution in [-0.2, 0) is 22.4 Å². The summed E-state index contributed by atoms with van der Waals surface area (Å²) in [4.78, 5) is 0.317. The van der Waals surface area contributed by atoms with Crippen molar-refractivity contribution in [2.24, 2.45) is 0 Å². The second-order valence-corrected chi connectivity index (χ2v) is 9.32. The van der Waals surface area contributed by atoms with Crippen molar-refractivity contribution in [2.75, 3.05) is 7.05 Å². The van der Waals surface area contributed by atoms with Gasteiger partial charge in [-0.25, -0.2) is 8.42 Å². The maximum absolute atomic E-state index is 12.7. The van der Waals surface area contributed by atoms with Crippen LogP contribution in [0.25, 0.3) is 0 Å². The summed E-state index contributed by atoms with van der Waals surface area (Å²) in [6.07, 6.45) is 0. The number of sulfonamides is 1. The van der Waals surface area contributed by atoms with E-state index in [4.69, 9.17) is 11.6 Å². The minimum absolute atomic E-state index is 0.296. The molecule has 1 heterocycles. The first kappa shape index (κ1) is 17.0. The molecule has 114 valence electrons. The van der Waals surface area contributed by atoms with Crippen LogP contribution in [0.1, 0.15) is 16.7 Å². The van der Waals surface area contributed by atoms with Crippen LogP contribution >= 0.6 is 38.9 Å². The third kappa shape index (κ3) is 3.87. The predicted molar refractivity (Wildman–Crippen MR) is 91.4 cm³/mol. The van der Waals surface area contributed by atoms with Crippen LogP contribution in [0.4, 0.5) is 0 Å². The summed E-state index contributed by atoms with van der Waals surface area (Å²) in [7, 11) is -1.94. The SMILES string of the molecule is Cc1ccc(CCl)cc1S(=O)(=O)N(C)Cc1csc(Br)c1. The van der Waals surface area contributed by atoms with Crippen molar-refractivity contribution in [2.45, 2.75) is 24.2 Å². The fourth-order valence-corrected chi connectivity index (χ4v) is 4.74. The number of rotatable bonds is 5. The zero-order valence-electron chi connectivity index (χ0n) is 11.6. The molecule has 2 rings (SSSR count). The van der Waals surface area contributed by atoms with Crippen LogP contribution in [0.3, 0.4) is 0 Å². The van der Waals surface area contributed by atoms with Gasteiger partial charge in [0.15, 0.2) is 0 Å². The maximum Gasteiger partial charge on any atom is 0.243 e. The van der Waals surface area contributed by atoms with Gasteiger partial charge in [-0.1, -0.05) is 12.1 Å². The molecule has 1 aromatic carbocycles. The molecule has 1 aromatic heterocycles. The molecule has 0 N–H and O–H groups in total. The molecule has 0 bridgehead atoms. The lowest BCUT2D eigenvalue weighted by molar-refractivity contribution is 0.466. The molecular formula is C14H15BrClNO2S2. The third-order valence-corrected chi connectivity index (χ3v) is 6.93. The minimum Gasteiger partial charge on any atom is -0.207 e. The van der Waals surface area contributed by atoms with Gasteiger partial charge in [0.1, 0.15) is 0 Å². The first-order chi connectivity index (χ1) is 9.84. The molecule has 0 radical (unpaired) electrons. The molecule has 0 unspecified atom stereocenters. The van der Waals surface area contributed by atoms with Gasteiger partial charge in [-0.2, -0.15) is 4.31 Å². The highest BCUT2D eigenvalue weighted by Crippen LogP contribution is 2.25. The normalized spacial score (nSPS) is 12.0. The summed E-state index contributed by atoms with van der Waals surface area (Å²) in [6, 6.07) is 7.22. The summed E-state index contributed by atoms with van der Waals surface area (Å²) in [5, 5.41) is 1.94. The highest BCUT2D eigenvalue weighted by Gasteiger charge is 2.23. The molecule has 2 aromatic rings. The number of nitrogens with zero attached hydrogens (tertiary/aromatic N) is 1. The van der Waals surface area contributed by atoms with E-state index in [0.717, 1.165) is 20.5 Å². The molecular weight excluding hydrogens is 394 g/mol. The Labute approximate surface area is 142 Å². The molecule has 0 spiro atoms. The smallest absolute Gasteiger partial charge is 0.207 e. The van der Waals surface area contributed by atoms with E-state index < -0.39 is 10.0 Å². The molecule has 0 saturated heterocycles. The lowest BCUT2D eigenvalue weighted by Crippen LogP contribution is -2.27. The van der Waals surface area contributed by atoms with Crippen molar-refractivity contribution in [3.05, 3.63) is 50.1 Å². The van der Waals surface area contributed by atoms with Crippen molar-refractivity contribution in [3.8, 4) is 0 Å². The highest BCUT2D eigenvalue weighted by atomic mass is 79.9. The van der Waals surface area contributed by atoms with E-state index in [2.05, 4.69) is 15.9 Å². The first-order valence-corrected chi connectivity index (χ1v) is 9.84. The molecule has 0 saturated carbocycles. The Kier molecular flexibility index (Phi) is 5.48. The molecule has 3 nitrogen and oxygen atoms in total. The standard InChI is InChI=1S/C14H15BrClNO2S2/c1-10-3-4-11(7-16)5-13(10)21(18,19)17(2)8-12-6-14(15)20-9-12/h3-6,9H,7-8H2,1-2H3. The van der Waals surface area contributed by atoms with Gasteiger partial charge in [0.25, 0.3) is 0 Å². The zero-order valence-corrected chi connectivity index (χ0v) is 15.6. The fraction of sp³-hybridized carbons (Fsp3) is 0.286. The van der Waals surface area contributed by atoms with E-state index in [1.807, 2.05) is 17.5 Å². The van der Waals surface area contributed by atoms with E-state index in [0.29, 0.717) is 17.3 Å². The van der Waals surface area contributed by atoms with Gasteiger partial charge in [0, 0.05) is 19.5 Å². The average molecular weight is 409 g/mol. The Hall–Kier alpha value is -0.400. The molecule has 0 fully saturated rings. The Morgan fingerprint density at radius 3 is 2.57 bits per heavy atom. The summed E-state index contributed by atoms with van der Waals surface area (Å²) >= 11 is 10.7. The number of benzene rings is 1. The summed E-state index contributed by atoms with van der Waals surface area (Å²) < 4.78 is 27.8.